The summed E-state index contributed by atoms with van der Waals surface area (Å²) in [6.45, 7) is 4.73. The predicted molar refractivity (Wildman–Crippen MR) is 269 cm³/mol. The van der Waals surface area contributed by atoms with E-state index in [1.54, 1.807) is 50.2 Å². The molecule has 4 saturated heterocycles. The Kier molecular flexibility index (Phi) is 15.2. The van der Waals surface area contributed by atoms with Crippen LogP contribution in [0.4, 0.5) is 0 Å². The van der Waals surface area contributed by atoms with Crippen molar-refractivity contribution in [2.45, 2.75) is 125 Å². The van der Waals surface area contributed by atoms with Crippen LogP contribution >= 0.6 is 12.4 Å². The van der Waals surface area contributed by atoms with Crippen molar-refractivity contribution in [3.63, 3.8) is 0 Å². The fourth-order valence-corrected chi connectivity index (χ4v) is 12.2. The average Bonchev–Trinajstić information content (AvgIpc) is 4.26. The number of hydrogen-bond acceptors (Lipinski definition) is 23. The van der Waals surface area contributed by atoms with Crippen LogP contribution < -0.4 is 24.7 Å². The van der Waals surface area contributed by atoms with Crippen LogP contribution in [0.2, 0.25) is 0 Å². The third-order valence-electron chi connectivity index (χ3n) is 16.2. The third kappa shape index (κ3) is 9.41. The smallest absolute Gasteiger partial charge is 0.310 e. The van der Waals surface area contributed by atoms with Gasteiger partial charge < -0.3 is 93.6 Å². The van der Waals surface area contributed by atoms with Gasteiger partial charge in [-0.15, -0.1) is 12.4 Å². The molecule has 0 radical (unpaired) electrons. The minimum Gasteiger partial charge on any atom is -0.507 e. The van der Waals surface area contributed by atoms with E-state index in [-0.39, 0.29) is 95.9 Å². The van der Waals surface area contributed by atoms with Crippen molar-refractivity contribution in [3.8, 4) is 40.2 Å². The fourth-order valence-electron chi connectivity index (χ4n) is 12.2. The Morgan fingerprint density at radius 3 is 2.03 bits per heavy atom. The second-order valence-corrected chi connectivity index (χ2v) is 20.8. The molecule has 79 heavy (non-hydrogen) atoms. The molecule has 5 aliphatic heterocycles. The molecule has 0 spiro atoms. The number of rotatable bonds is 8. The maximum absolute atomic E-state index is 13.4. The number of ether oxygens (including phenoxy) is 11. The van der Waals surface area contributed by atoms with Gasteiger partial charge in [-0.2, -0.15) is 0 Å². The van der Waals surface area contributed by atoms with Crippen molar-refractivity contribution in [2.24, 2.45) is 17.6 Å². The van der Waals surface area contributed by atoms with Gasteiger partial charge in [0.05, 0.1) is 68.9 Å². The SMILES string of the molecule is CC(=O)[C@]1(O)Cc2c(O)c3c(c(O)c2[C@@H](O[C@H]2C[C@H](N)[C@H](O)[C@H](C)O2)C1)C(=O)c1ccccc1C3=O.COc1cc([C@@H]2c3cc4c(cc3C(O[C@@H]3O[C@@H]5CO[C@@H](C)O[C@H]5[C@H](O)[C@H]3O)C3COC(=O)[C@@H]32)OCO4)cc(OC)c1O.Cl. The number of hydrogen-bond donors (Lipinski definition) is 8. The van der Waals surface area contributed by atoms with Gasteiger partial charge >= 0.3 is 5.97 Å². The topological polar surface area (TPSA) is 337 Å². The molecule has 2 unspecified atom stereocenters. The molecule has 0 saturated carbocycles. The van der Waals surface area contributed by atoms with Crippen LogP contribution in [0.25, 0.3) is 0 Å². The van der Waals surface area contributed by atoms with Gasteiger partial charge in [-0.05, 0) is 61.7 Å². The monoisotopic (exact) mass is 1120 g/mol. The highest BCUT2D eigenvalue weighted by atomic mass is 35.5. The van der Waals surface area contributed by atoms with Crippen LogP contribution in [0.3, 0.4) is 0 Å². The average molecular weight is 1120 g/mol. The highest BCUT2D eigenvalue weighted by Gasteiger charge is 2.57. The van der Waals surface area contributed by atoms with E-state index in [1.807, 2.05) is 0 Å². The summed E-state index contributed by atoms with van der Waals surface area (Å²) in [5.41, 5.74) is 5.39. The summed E-state index contributed by atoms with van der Waals surface area (Å²) < 4.78 is 63.3. The highest BCUT2D eigenvalue weighted by Crippen LogP contribution is 2.58. The van der Waals surface area contributed by atoms with E-state index in [0.717, 1.165) is 0 Å². The first-order valence-corrected chi connectivity index (χ1v) is 25.5. The minimum atomic E-state index is -1.97. The first-order valence-electron chi connectivity index (χ1n) is 25.5. The number of nitrogens with two attached hydrogens (primary N) is 1. The molecule has 8 aliphatic rings. The van der Waals surface area contributed by atoms with Gasteiger partial charge in [0.2, 0.25) is 12.5 Å². The molecule has 12 rings (SSSR count). The summed E-state index contributed by atoms with van der Waals surface area (Å²) in [5.74, 6) is -4.08. The van der Waals surface area contributed by atoms with Gasteiger partial charge in [0, 0.05) is 59.4 Å². The maximum Gasteiger partial charge on any atom is 0.310 e. The number of aliphatic hydroxyl groups is 4. The number of cyclic esters (lactones) is 1. The molecule has 16 atom stereocenters. The number of aliphatic hydroxyl groups excluding tert-OH is 3. The van der Waals surface area contributed by atoms with Crippen molar-refractivity contribution in [3.05, 3.63) is 98.6 Å². The Bertz CT molecular complexity index is 3060. The number of fused-ring (bicyclic) bond motifs is 7. The molecule has 9 N–H and O–H groups in total. The minimum absolute atomic E-state index is 0. The number of Topliss-reactive ketones (excluding diaryl/α,β-unsaturated/α-hetero) is 1. The van der Waals surface area contributed by atoms with Gasteiger partial charge in [0.15, 0.2) is 59.2 Å². The number of benzene rings is 4. The molecule has 0 aromatic heterocycles. The zero-order valence-corrected chi connectivity index (χ0v) is 44.1. The van der Waals surface area contributed by atoms with Crippen molar-refractivity contribution >= 4 is 35.7 Å². The molecule has 0 bridgehead atoms. The van der Waals surface area contributed by atoms with E-state index in [1.165, 1.54) is 33.3 Å². The third-order valence-corrected chi connectivity index (χ3v) is 16.2. The molecule has 24 heteroatoms. The molecule has 4 aromatic carbocycles. The molecule has 0 amide bonds. The van der Waals surface area contributed by atoms with Gasteiger partial charge in [-0.3, -0.25) is 19.2 Å². The predicted octanol–water partition coefficient (Wildman–Crippen LogP) is 2.78. The summed E-state index contributed by atoms with van der Waals surface area (Å²) in [6, 6.07) is 12.3. The van der Waals surface area contributed by atoms with Crippen molar-refractivity contribution in [1.29, 1.82) is 0 Å². The van der Waals surface area contributed by atoms with E-state index in [4.69, 9.17) is 57.8 Å². The summed E-state index contributed by atoms with van der Waals surface area (Å²) in [6.07, 6.45) is -11.2. The fraction of sp³-hybridized carbons (Fsp3) is 0.491. The van der Waals surface area contributed by atoms with Crippen molar-refractivity contribution in [2.75, 3.05) is 34.2 Å². The van der Waals surface area contributed by atoms with Crippen LogP contribution in [0.1, 0.15) is 111 Å². The standard InChI is InChI=1S/C29H32O13.C26H27NO9.ClH/c1-11-36-9-20-27(40-11)24(31)25(32)29(41-20)42-26-14-7-17-16(38-10-39-17)6-13(14)21(22-15(26)8-37-28(22)33)12-4-18(34-2)23(30)19(5-12)35-3;1-10-21(29)15(27)7-17(35-10)36-16-9-26(34,11(2)28)8-14-18(16)25(33)20-19(24(14)32)22(30)12-5-3-4-6-13(12)23(20)31;/h4-7,11,15,20-22,24-27,29-32H,8-10H2,1-3H3;3-6,10,15-17,21,29,32-34H,7-9,27H2,1-2H3;1H/t11-,15?,20-,21-,22+,24-,25-,26?,27-,29+;10-,15-,16-,17-,21+,26-;/m10./s1. The number of halogens is 1. The van der Waals surface area contributed by atoms with Crippen molar-refractivity contribution < 1.29 is 107 Å². The number of phenolic OH excluding ortho intramolecular Hbond substituents is 3. The lowest BCUT2D eigenvalue weighted by atomic mass is 9.66. The van der Waals surface area contributed by atoms with Gasteiger partial charge in [0.25, 0.3) is 0 Å². The maximum atomic E-state index is 13.4. The second-order valence-electron chi connectivity index (χ2n) is 20.8. The van der Waals surface area contributed by atoms with Crippen LogP contribution in [-0.4, -0.2) is 160 Å². The number of phenols is 3. The molecule has 23 nitrogen and oxygen atoms in total. The molecule has 424 valence electrons. The molecular formula is C55H60ClNO22. The summed E-state index contributed by atoms with van der Waals surface area (Å²) >= 11 is 0. The lowest BCUT2D eigenvalue weighted by Gasteiger charge is -2.47. The Labute approximate surface area is 457 Å². The van der Waals surface area contributed by atoms with E-state index in [9.17, 15) is 54.9 Å². The van der Waals surface area contributed by atoms with Crippen LogP contribution in [-0.2, 0) is 49.2 Å². The summed E-state index contributed by atoms with van der Waals surface area (Å²) in [7, 11) is 2.86. The Morgan fingerprint density at radius 1 is 0.772 bits per heavy atom. The summed E-state index contributed by atoms with van der Waals surface area (Å²) in [4.78, 5) is 52.4. The van der Waals surface area contributed by atoms with Crippen molar-refractivity contribution in [1.82, 2.24) is 0 Å². The molecule has 3 aliphatic carbocycles. The zero-order chi connectivity index (χ0) is 55.4. The number of ketones is 3. The first-order chi connectivity index (χ1) is 37.2. The zero-order valence-electron chi connectivity index (χ0n) is 43.3. The van der Waals surface area contributed by atoms with Gasteiger partial charge in [-0.1, -0.05) is 24.3 Å². The Morgan fingerprint density at radius 2 is 1.41 bits per heavy atom. The summed E-state index contributed by atoms with van der Waals surface area (Å²) in [5, 5.41) is 76.3. The van der Waals surface area contributed by atoms with Gasteiger partial charge in [-0.25, -0.2) is 0 Å². The van der Waals surface area contributed by atoms with Crippen LogP contribution in [0.15, 0.2) is 48.5 Å². The van der Waals surface area contributed by atoms with E-state index < -0.39 is 138 Å². The lowest BCUT2D eigenvalue weighted by molar-refractivity contribution is -0.364. The Balaban J connectivity index is 0.000000178. The number of carbonyl (C=O) groups excluding carboxylic acids is 4. The Hall–Kier alpha value is -6.19. The van der Waals surface area contributed by atoms with Crippen LogP contribution in [0.5, 0.6) is 40.2 Å². The van der Waals surface area contributed by atoms with E-state index in [2.05, 4.69) is 0 Å². The number of esters is 1. The number of aromatic hydroxyl groups is 3. The highest BCUT2D eigenvalue weighted by molar-refractivity contribution is 6.30. The van der Waals surface area contributed by atoms with Gasteiger partial charge in [0.1, 0.15) is 41.5 Å². The van der Waals surface area contributed by atoms with E-state index >= 15 is 0 Å². The molecule has 4 aromatic rings. The van der Waals surface area contributed by atoms with E-state index in [0.29, 0.717) is 28.2 Å². The molecule has 5 heterocycles. The number of carbonyl (C=O) groups is 4. The molecular weight excluding hydrogens is 1060 g/mol. The second kappa shape index (κ2) is 21.4. The quantitative estimate of drug-likeness (QED) is 0.0818. The number of methoxy groups -OCH3 is 2. The molecule has 4 fully saturated rings. The first kappa shape index (κ1) is 56.1. The van der Waals surface area contributed by atoms with Crippen LogP contribution in [0, 0.1) is 11.8 Å². The lowest BCUT2D eigenvalue weighted by Crippen LogP contribution is -2.63. The largest absolute Gasteiger partial charge is 0.507 e. The normalized spacial score (nSPS) is 33.7.